The fraction of sp³-hybridized carbons (Fsp3) is 0.773. The topological polar surface area (TPSA) is 91.6 Å². The Hall–Kier alpha value is -2.45. The molecule has 4 heterocycles. The molecule has 3 aliphatic heterocycles. The summed E-state index contributed by atoms with van der Waals surface area (Å²) in [7, 11) is 1.71. The number of carbonyl (C=O) groups is 3. The van der Waals surface area contributed by atoms with E-state index in [1.807, 2.05) is 4.90 Å². The lowest BCUT2D eigenvalue weighted by molar-refractivity contribution is -0.141. The predicted molar refractivity (Wildman–Crippen MR) is 112 cm³/mol. The minimum absolute atomic E-state index is 0.124. The van der Waals surface area contributed by atoms with Crippen LogP contribution in [0.1, 0.15) is 81.9 Å². The van der Waals surface area contributed by atoms with Gasteiger partial charge in [0, 0.05) is 26.6 Å². The molecule has 1 spiro atoms. The average Bonchev–Trinajstić information content (AvgIpc) is 3.40. The lowest BCUT2D eigenvalue weighted by Gasteiger charge is -2.35. The van der Waals surface area contributed by atoms with Crippen molar-refractivity contribution >= 4 is 17.8 Å². The number of fused-ring (bicyclic) bond motifs is 1. The van der Waals surface area contributed by atoms with Crippen LogP contribution < -0.4 is 0 Å². The van der Waals surface area contributed by atoms with Crippen molar-refractivity contribution in [2.75, 3.05) is 20.1 Å². The fourth-order valence-corrected chi connectivity index (χ4v) is 5.98. The van der Waals surface area contributed by atoms with Gasteiger partial charge in [-0.15, -0.1) is 10.2 Å². The van der Waals surface area contributed by atoms with Gasteiger partial charge < -0.3 is 14.4 Å². The number of imide groups is 1. The summed E-state index contributed by atoms with van der Waals surface area (Å²) in [5.41, 5.74) is -0.746. The van der Waals surface area contributed by atoms with E-state index in [0.717, 1.165) is 69.6 Å². The number of amides is 4. The average molecular weight is 429 g/mol. The molecule has 5 rings (SSSR count). The standard InChI is InChI=1S/C22H32N6O3/c1-25-21(31)28(20(30)22(25)11-5-3-6-12-22)15-18(29)26-14-8-9-16(26)19-24-23-17-10-4-2-7-13-27(17)19/h16H,2-15H2,1H3/t16-/m1/s1. The smallest absolute Gasteiger partial charge is 0.327 e. The normalized spacial score (nSPS) is 26.0. The first kappa shape index (κ1) is 20.5. The molecule has 3 fully saturated rings. The van der Waals surface area contributed by atoms with E-state index in [2.05, 4.69) is 14.8 Å². The minimum Gasteiger partial charge on any atom is -0.331 e. The summed E-state index contributed by atoms with van der Waals surface area (Å²) in [5, 5.41) is 8.86. The molecule has 168 valence electrons. The van der Waals surface area contributed by atoms with Crippen molar-refractivity contribution in [3.05, 3.63) is 11.6 Å². The second-order valence-corrected chi connectivity index (χ2v) is 9.51. The highest BCUT2D eigenvalue weighted by Crippen LogP contribution is 2.40. The maximum atomic E-state index is 13.3. The Labute approximate surface area is 182 Å². The van der Waals surface area contributed by atoms with Crippen molar-refractivity contribution in [1.29, 1.82) is 0 Å². The van der Waals surface area contributed by atoms with Gasteiger partial charge in [0.1, 0.15) is 17.9 Å². The van der Waals surface area contributed by atoms with Crippen molar-refractivity contribution < 1.29 is 14.4 Å². The van der Waals surface area contributed by atoms with Crippen LogP contribution in [0.25, 0.3) is 0 Å². The molecular weight excluding hydrogens is 396 g/mol. The molecule has 9 heteroatoms. The van der Waals surface area contributed by atoms with Crippen molar-refractivity contribution in [1.82, 2.24) is 29.5 Å². The van der Waals surface area contributed by atoms with Crippen molar-refractivity contribution in [2.45, 2.75) is 88.8 Å². The van der Waals surface area contributed by atoms with E-state index in [-0.39, 0.29) is 30.4 Å². The first-order chi connectivity index (χ1) is 15.0. The maximum absolute atomic E-state index is 13.3. The van der Waals surface area contributed by atoms with Crippen molar-refractivity contribution in [3.63, 3.8) is 0 Å². The highest BCUT2D eigenvalue weighted by atomic mass is 16.2. The molecule has 31 heavy (non-hydrogen) atoms. The minimum atomic E-state index is -0.746. The summed E-state index contributed by atoms with van der Waals surface area (Å²) in [6.45, 7) is 1.34. The van der Waals surface area contributed by atoms with Crippen molar-refractivity contribution in [3.8, 4) is 0 Å². The quantitative estimate of drug-likeness (QED) is 0.689. The van der Waals surface area contributed by atoms with Crippen molar-refractivity contribution in [2.24, 2.45) is 0 Å². The highest BCUT2D eigenvalue weighted by molar-refractivity contribution is 6.09. The fourth-order valence-electron chi connectivity index (χ4n) is 5.98. The number of aryl methyl sites for hydroxylation is 1. The molecule has 0 radical (unpaired) electrons. The molecule has 4 amide bonds. The van der Waals surface area contributed by atoms with Gasteiger partial charge in [-0.1, -0.05) is 25.7 Å². The second kappa shape index (κ2) is 7.91. The van der Waals surface area contributed by atoms with E-state index < -0.39 is 5.54 Å². The number of hydrogen-bond donors (Lipinski definition) is 0. The molecule has 0 bridgehead atoms. The molecule has 0 unspecified atom stereocenters. The Balaban J connectivity index is 1.34. The van der Waals surface area contributed by atoms with E-state index in [1.54, 1.807) is 11.9 Å². The molecule has 2 saturated heterocycles. The number of likely N-dealkylation sites (N-methyl/N-ethyl adjacent to an activating group) is 1. The summed E-state index contributed by atoms with van der Waals surface area (Å²) >= 11 is 0. The molecule has 1 aliphatic carbocycles. The largest absolute Gasteiger partial charge is 0.331 e. The lowest BCUT2D eigenvalue weighted by atomic mass is 9.81. The number of likely N-dealkylation sites (tertiary alicyclic amines) is 1. The van der Waals surface area contributed by atoms with Gasteiger partial charge in [-0.05, 0) is 38.5 Å². The van der Waals surface area contributed by atoms with Crippen LogP contribution in [0.5, 0.6) is 0 Å². The van der Waals surface area contributed by atoms with Crippen LogP contribution in [0.4, 0.5) is 4.79 Å². The van der Waals surface area contributed by atoms with Crippen LogP contribution in [-0.4, -0.2) is 73.0 Å². The van der Waals surface area contributed by atoms with Gasteiger partial charge in [0.05, 0.1) is 6.04 Å². The number of carbonyl (C=O) groups excluding carboxylic acids is 3. The first-order valence-corrected chi connectivity index (χ1v) is 11.8. The second-order valence-electron chi connectivity index (χ2n) is 9.51. The molecule has 1 aromatic rings. The van der Waals surface area contributed by atoms with Crippen LogP contribution in [0.15, 0.2) is 0 Å². The van der Waals surface area contributed by atoms with Gasteiger partial charge >= 0.3 is 6.03 Å². The lowest BCUT2D eigenvalue weighted by Crippen LogP contribution is -2.49. The Bertz CT molecular complexity index is 890. The van der Waals surface area contributed by atoms with E-state index in [4.69, 9.17) is 0 Å². The van der Waals surface area contributed by atoms with Crippen LogP contribution in [0.3, 0.4) is 0 Å². The summed E-state index contributed by atoms with van der Waals surface area (Å²) in [6.07, 6.45) is 10.4. The van der Waals surface area contributed by atoms with E-state index in [9.17, 15) is 14.4 Å². The van der Waals surface area contributed by atoms with Crippen LogP contribution in [0.2, 0.25) is 0 Å². The zero-order chi connectivity index (χ0) is 21.6. The Kier molecular flexibility index (Phi) is 5.22. The van der Waals surface area contributed by atoms with Gasteiger partial charge in [0.25, 0.3) is 5.91 Å². The molecular formula is C22H32N6O3. The zero-order valence-corrected chi connectivity index (χ0v) is 18.4. The van der Waals surface area contributed by atoms with Gasteiger partial charge in [0.15, 0.2) is 5.82 Å². The van der Waals surface area contributed by atoms with Gasteiger partial charge in [0.2, 0.25) is 5.91 Å². The number of aromatic nitrogens is 3. The Morgan fingerprint density at radius 2 is 1.77 bits per heavy atom. The van der Waals surface area contributed by atoms with Crippen LogP contribution >= 0.6 is 0 Å². The van der Waals surface area contributed by atoms with E-state index >= 15 is 0 Å². The van der Waals surface area contributed by atoms with Gasteiger partial charge in [-0.2, -0.15) is 0 Å². The molecule has 1 atom stereocenters. The summed E-state index contributed by atoms with van der Waals surface area (Å²) in [4.78, 5) is 44.1. The molecule has 1 saturated carbocycles. The third-order valence-corrected chi connectivity index (χ3v) is 7.79. The zero-order valence-electron chi connectivity index (χ0n) is 18.4. The molecule has 1 aromatic heterocycles. The number of hydrogen-bond acceptors (Lipinski definition) is 5. The highest BCUT2D eigenvalue weighted by Gasteiger charge is 2.56. The van der Waals surface area contributed by atoms with Gasteiger partial charge in [-0.3, -0.25) is 14.5 Å². The Morgan fingerprint density at radius 3 is 2.58 bits per heavy atom. The maximum Gasteiger partial charge on any atom is 0.327 e. The van der Waals surface area contributed by atoms with E-state index in [1.165, 1.54) is 11.3 Å². The number of urea groups is 1. The molecule has 0 aromatic carbocycles. The predicted octanol–water partition coefficient (Wildman–Crippen LogP) is 2.26. The third kappa shape index (κ3) is 3.24. The summed E-state index contributed by atoms with van der Waals surface area (Å²) < 4.78 is 2.19. The number of nitrogens with zero attached hydrogens (tertiary/aromatic N) is 6. The molecule has 0 N–H and O–H groups in total. The summed E-state index contributed by atoms with van der Waals surface area (Å²) in [5.74, 6) is 1.51. The van der Waals surface area contributed by atoms with Crippen LogP contribution in [-0.2, 0) is 22.6 Å². The van der Waals surface area contributed by atoms with Crippen LogP contribution in [0, 0.1) is 0 Å². The monoisotopic (exact) mass is 428 g/mol. The third-order valence-electron chi connectivity index (χ3n) is 7.79. The Morgan fingerprint density at radius 1 is 1.00 bits per heavy atom. The molecule has 9 nitrogen and oxygen atoms in total. The summed E-state index contributed by atoms with van der Waals surface area (Å²) in [6, 6.07) is -0.464. The van der Waals surface area contributed by atoms with E-state index in [0.29, 0.717) is 19.4 Å². The number of rotatable bonds is 3. The van der Waals surface area contributed by atoms with Gasteiger partial charge in [-0.25, -0.2) is 4.79 Å². The molecule has 4 aliphatic rings. The SMILES string of the molecule is CN1C(=O)N(CC(=O)N2CCC[C@@H]2c2nnc3n2CCCCC3)C(=O)C12CCCCC2. The first-order valence-electron chi connectivity index (χ1n) is 11.8.